The van der Waals surface area contributed by atoms with Gasteiger partial charge in [-0.1, -0.05) is 6.07 Å². The van der Waals surface area contributed by atoms with E-state index in [1.54, 1.807) is 13.2 Å². The van der Waals surface area contributed by atoms with Crippen molar-refractivity contribution in [3.63, 3.8) is 0 Å². The number of carbonyl (C=O) groups is 2. The molecular weight excluding hydrogens is 268 g/mol. The monoisotopic (exact) mass is 288 g/mol. The topological polar surface area (TPSA) is 52.6 Å². The Morgan fingerprint density at radius 1 is 1.05 bits per heavy atom. The minimum atomic E-state index is -0.399. The quantitative estimate of drug-likeness (QED) is 0.630. The maximum absolute atomic E-state index is 12.8. The number of allylic oxidation sites excluding steroid dienone is 1. The molecule has 112 valence electrons. The summed E-state index contributed by atoms with van der Waals surface area (Å²) in [5.41, 5.74) is 2.60. The molecule has 21 heavy (non-hydrogen) atoms. The molecule has 0 radical (unpaired) electrons. The van der Waals surface area contributed by atoms with Crippen LogP contribution >= 0.6 is 0 Å². The van der Waals surface area contributed by atoms with E-state index >= 15 is 0 Å². The first-order valence-corrected chi connectivity index (χ1v) is 7.08. The van der Waals surface area contributed by atoms with E-state index in [0.29, 0.717) is 35.3 Å². The van der Waals surface area contributed by atoms with Gasteiger partial charge < -0.3 is 9.47 Å². The molecule has 0 unspecified atom stereocenters. The third kappa shape index (κ3) is 3.15. The van der Waals surface area contributed by atoms with Crippen molar-refractivity contribution in [3.8, 4) is 5.75 Å². The van der Waals surface area contributed by atoms with Gasteiger partial charge in [-0.15, -0.1) is 0 Å². The molecule has 0 saturated heterocycles. The van der Waals surface area contributed by atoms with Crippen LogP contribution in [-0.4, -0.2) is 26.0 Å². The third-order valence-corrected chi connectivity index (χ3v) is 3.78. The Balaban J connectivity index is 2.46. The van der Waals surface area contributed by atoms with Gasteiger partial charge in [0, 0.05) is 11.1 Å². The van der Waals surface area contributed by atoms with Gasteiger partial charge in [-0.3, -0.25) is 4.79 Å². The summed E-state index contributed by atoms with van der Waals surface area (Å²) in [7, 11) is 2.89. The van der Waals surface area contributed by atoms with Crippen molar-refractivity contribution in [3.05, 3.63) is 40.5 Å². The molecule has 0 saturated carbocycles. The highest BCUT2D eigenvalue weighted by atomic mass is 16.5. The number of aryl methyl sites for hydroxylation is 1. The number of carbonyl (C=O) groups excluding carboxylic acids is 2. The fourth-order valence-electron chi connectivity index (χ4n) is 2.65. The van der Waals surface area contributed by atoms with Crippen LogP contribution in [0.15, 0.2) is 29.3 Å². The van der Waals surface area contributed by atoms with Gasteiger partial charge in [-0.05, 0) is 50.3 Å². The highest BCUT2D eigenvalue weighted by Gasteiger charge is 2.26. The molecule has 1 aliphatic rings. The van der Waals surface area contributed by atoms with Crippen molar-refractivity contribution in [2.24, 2.45) is 0 Å². The van der Waals surface area contributed by atoms with Gasteiger partial charge in [-0.2, -0.15) is 0 Å². The summed E-state index contributed by atoms with van der Waals surface area (Å²) < 4.78 is 10.1. The number of hydrogen-bond acceptors (Lipinski definition) is 4. The molecule has 0 aliphatic heterocycles. The zero-order chi connectivity index (χ0) is 15.4. The van der Waals surface area contributed by atoms with Crippen LogP contribution in [0.5, 0.6) is 5.75 Å². The van der Waals surface area contributed by atoms with Crippen LogP contribution < -0.4 is 4.74 Å². The molecule has 2 rings (SSSR count). The maximum atomic E-state index is 12.8. The Hall–Kier alpha value is -2.10. The lowest BCUT2D eigenvalue weighted by atomic mass is 9.86. The normalized spacial score (nSPS) is 14.8. The predicted octanol–water partition coefficient (Wildman–Crippen LogP) is 3.23. The first-order chi connectivity index (χ1) is 10.1. The summed E-state index contributed by atoms with van der Waals surface area (Å²) in [4.78, 5) is 24.6. The van der Waals surface area contributed by atoms with E-state index in [9.17, 15) is 9.59 Å². The van der Waals surface area contributed by atoms with Crippen LogP contribution in [0.4, 0.5) is 0 Å². The molecule has 1 aromatic carbocycles. The summed E-state index contributed by atoms with van der Waals surface area (Å²) in [5.74, 6) is 0.0124. The van der Waals surface area contributed by atoms with Crippen LogP contribution in [0.3, 0.4) is 0 Å². The van der Waals surface area contributed by atoms with Crippen LogP contribution in [0, 0.1) is 6.92 Å². The summed E-state index contributed by atoms with van der Waals surface area (Å²) >= 11 is 0. The number of hydrogen-bond donors (Lipinski definition) is 0. The van der Waals surface area contributed by atoms with E-state index in [2.05, 4.69) is 0 Å². The molecule has 0 amide bonds. The van der Waals surface area contributed by atoms with Gasteiger partial charge in [0.15, 0.2) is 5.78 Å². The highest BCUT2D eigenvalue weighted by Crippen LogP contribution is 2.31. The largest absolute Gasteiger partial charge is 0.496 e. The van der Waals surface area contributed by atoms with E-state index in [1.165, 1.54) is 7.11 Å². The zero-order valence-corrected chi connectivity index (χ0v) is 12.7. The molecule has 0 fully saturated rings. The second kappa shape index (κ2) is 6.57. The minimum absolute atomic E-state index is 0.132. The van der Waals surface area contributed by atoms with E-state index in [0.717, 1.165) is 18.4 Å². The lowest BCUT2D eigenvalue weighted by molar-refractivity contribution is -0.136. The summed E-state index contributed by atoms with van der Waals surface area (Å²) in [6.07, 6.45) is 3.03. The number of rotatable bonds is 4. The van der Waals surface area contributed by atoms with E-state index < -0.39 is 5.97 Å². The van der Waals surface area contributed by atoms with Gasteiger partial charge in [0.25, 0.3) is 0 Å². The van der Waals surface area contributed by atoms with Crippen molar-refractivity contribution >= 4 is 11.8 Å². The highest BCUT2D eigenvalue weighted by molar-refractivity contribution is 6.14. The lowest BCUT2D eigenvalue weighted by Crippen LogP contribution is -2.17. The van der Waals surface area contributed by atoms with Crippen LogP contribution in [0.1, 0.15) is 41.6 Å². The number of Topliss-reactive ketones (excluding diaryl/α,β-unsaturated/α-hetero) is 1. The summed E-state index contributed by atoms with van der Waals surface area (Å²) in [6, 6.07) is 5.46. The second-order valence-electron chi connectivity index (χ2n) is 5.19. The zero-order valence-electron chi connectivity index (χ0n) is 12.7. The number of benzene rings is 1. The second-order valence-corrected chi connectivity index (χ2v) is 5.19. The Bertz CT molecular complexity index is 599. The predicted molar refractivity (Wildman–Crippen MR) is 79.6 cm³/mol. The van der Waals surface area contributed by atoms with E-state index in [-0.39, 0.29) is 5.78 Å². The lowest BCUT2D eigenvalue weighted by Gasteiger charge is -2.19. The van der Waals surface area contributed by atoms with Crippen LogP contribution in [-0.2, 0) is 9.53 Å². The number of methoxy groups -OCH3 is 2. The van der Waals surface area contributed by atoms with Crippen molar-refractivity contribution in [2.75, 3.05) is 14.2 Å². The fourth-order valence-corrected chi connectivity index (χ4v) is 2.65. The Morgan fingerprint density at radius 2 is 1.71 bits per heavy atom. The van der Waals surface area contributed by atoms with Gasteiger partial charge >= 0.3 is 5.97 Å². The Kier molecular flexibility index (Phi) is 4.78. The molecule has 0 aromatic heterocycles. The number of ether oxygens (including phenoxy) is 2. The SMILES string of the molecule is COC(=O)C1=C(C(=O)c2ccc(C)cc2OC)CCCC1. The minimum Gasteiger partial charge on any atom is -0.496 e. The summed E-state index contributed by atoms with van der Waals surface area (Å²) in [5, 5.41) is 0. The van der Waals surface area contributed by atoms with Gasteiger partial charge in [0.1, 0.15) is 5.75 Å². The number of esters is 1. The van der Waals surface area contributed by atoms with Crippen molar-refractivity contribution in [2.45, 2.75) is 32.6 Å². The molecule has 1 aliphatic carbocycles. The molecule has 0 spiro atoms. The van der Waals surface area contributed by atoms with Crippen LogP contribution in [0.2, 0.25) is 0 Å². The average Bonchev–Trinajstić information content (AvgIpc) is 2.53. The Labute approximate surface area is 124 Å². The molecule has 4 heteroatoms. The standard InChI is InChI=1S/C17H20O4/c1-11-8-9-14(15(10-11)20-2)16(18)12-6-4-5-7-13(12)17(19)21-3/h8-10H,4-7H2,1-3H3. The first-order valence-electron chi connectivity index (χ1n) is 7.08. The molecule has 0 N–H and O–H groups in total. The van der Waals surface area contributed by atoms with Gasteiger partial charge in [0.2, 0.25) is 0 Å². The smallest absolute Gasteiger partial charge is 0.334 e. The molecule has 4 nitrogen and oxygen atoms in total. The molecule has 0 bridgehead atoms. The van der Waals surface area contributed by atoms with E-state index in [4.69, 9.17) is 9.47 Å². The van der Waals surface area contributed by atoms with Gasteiger partial charge in [-0.25, -0.2) is 4.79 Å². The molecule has 1 aromatic rings. The Morgan fingerprint density at radius 3 is 2.33 bits per heavy atom. The van der Waals surface area contributed by atoms with Gasteiger partial charge in [0.05, 0.1) is 19.8 Å². The molecule has 0 heterocycles. The fraction of sp³-hybridized carbons (Fsp3) is 0.412. The van der Waals surface area contributed by atoms with Crippen LogP contribution in [0.25, 0.3) is 0 Å². The third-order valence-electron chi connectivity index (χ3n) is 3.78. The number of ketones is 1. The maximum Gasteiger partial charge on any atom is 0.334 e. The van der Waals surface area contributed by atoms with Crippen molar-refractivity contribution in [1.29, 1.82) is 0 Å². The molecule has 0 atom stereocenters. The first kappa shape index (κ1) is 15.3. The van der Waals surface area contributed by atoms with Crippen molar-refractivity contribution < 1.29 is 19.1 Å². The average molecular weight is 288 g/mol. The van der Waals surface area contributed by atoms with E-state index in [1.807, 2.05) is 19.1 Å². The molecular formula is C17H20O4. The van der Waals surface area contributed by atoms with Crippen molar-refractivity contribution in [1.82, 2.24) is 0 Å². The summed E-state index contributed by atoms with van der Waals surface area (Å²) in [6.45, 7) is 1.94.